The van der Waals surface area contributed by atoms with E-state index in [1.54, 1.807) is 6.20 Å². The fraction of sp³-hybridized carbons (Fsp3) is 0.538. The molecule has 2 aromatic rings. The molecule has 0 saturated heterocycles. The molecule has 0 bridgehead atoms. The molecule has 0 radical (unpaired) electrons. The van der Waals surface area contributed by atoms with E-state index in [2.05, 4.69) is 11.9 Å². The monoisotopic (exact) mass is 427 g/mol. The number of nitrogens with zero attached hydrogens (tertiary/aromatic N) is 1. The predicted octanol–water partition coefficient (Wildman–Crippen LogP) is 6.60. The molecule has 1 unspecified atom stereocenters. The fourth-order valence-corrected chi connectivity index (χ4v) is 3.17. The number of unbranched alkanes of at least 4 members (excludes halogenated alkanes) is 5. The summed E-state index contributed by atoms with van der Waals surface area (Å²) < 4.78 is 16.8. The lowest BCUT2D eigenvalue weighted by Gasteiger charge is -2.14. The van der Waals surface area contributed by atoms with Crippen molar-refractivity contribution < 1.29 is 19.0 Å². The van der Waals surface area contributed by atoms with Crippen molar-refractivity contribution >= 4 is 5.97 Å². The van der Waals surface area contributed by atoms with Crippen molar-refractivity contribution in [2.45, 2.75) is 78.2 Å². The first kappa shape index (κ1) is 24.7. The third-order valence-corrected chi connectivity index (χ3v) is 4.92. The molecule has 1 aromatic heterocycles. The van der Waals surface area contributed by atoms with Gasteiger partial charge < -0.3 is 14.2 Å². The molecule has 0 fully saturated rings. The summed E-state index contributed by atoms with van der Waals surface area (Å²) in [7, 11) is 0. The Morgan fingerprint density at radius 3 is 2.26 bits per heavy atom. The van der Waals surface area contributed by atoms with Crippen LogP contribution in [0.25, 0.3) is 11.3 Å². The molecule has 1 aromatic carbocycles. The van der Waals surface area contributed by atoms with Crippen molar-refractivity contribution in [1.82, 2.24) is 4.98 Å². The van der Waals surface area contributed by atoms with Crippen LogP contribution < -0.4 is 9.47 Å². The maximum atomic E-state index is 11.5. The highest BCUT2D eigenvalue weighted by atomic mass is 16.6. The third-order valence-electron chi connectivity index (χ3n) is 4.92. The summed E-state index contributed by atoms with van der Waals surface area (Å²) in [6.07, 6.45) is 10.3. The van der Waals surface area contributed by atoms with Gasteiger partial charge in [-0.25, -0.2) is 0 Å². The zero-order valence-electron chi connectivity index (χ0n) is 19.3. The van der Waals surface area contributed by atoms with Gasteiger partial charge >= 0.3 is 5.97 Å². The van der Waals surface area contributed by atoms with Crippen molar-refractivity contribution in [1.29, 1.82) is 0 Å². The molecule has 5 heteroatoms. The number of ether oxygens (including phenoxy) is 3. The predicted molar refractivity (Wildman–Crippen MR) is 125 cm³/mol. The van der Waals surface area contributed by atoms with E-state index in [4.69, 9.17) is 14.2 Å². The summed E-state index contributed by atoms with van der Waals surface area (Å²) in [5.74, 6) is 1.37. The van der Waals surface area contributed by atoms with Gasteiger partial charge in [-0.3, -0.25) is 9.78 Å². The summed E-state index contributed by atoms with van der Waals surface area (Å²) in [4.78, 5) is 16.0. The van der Waals surface area contributed by atoms with Crippen LogP contribution in [0.1, 0.15) is 72.1 Å². The molecule has 0 N–H and O–H groups in total. The topological polar surface area (TPSA) is 57.7 Å². The Morgan fingerprint density at radius 2 is 1.58 bits per heavy atom. The van der Waals surface area contributed by atoms with E-state index in [9.17, 15) is 4.79 Å². The van der Waals surface area contributed by atoms with Gasteiger partial charge in [0.05, 0.1) is 18.5 Å². The molecule has 1 atom stereocenters. The quantitative estimate of drug-likeness (QED) is 0.237. The molecular weight excluding hydrogens is 390 g/mol. The standard InChI is InChI=1S/C26H37NO4/c1-4-6-7-8-9-10-18-29-24-16-17-25(27-19-24)22-12-14-23(15-13-22)30-20-21(3)31-26(28)11-5-2/h12-17,19,21H,4-11,18,20H2,1-3H3. The largest absolute Gasteiger partial charge is 0.492 e. The molecule has 5 nitrogen and oxygen atoms in total. The van der Waals surface area contributed by atoms with Gasteiger partial charge in [-0.05, 0) is 56.2 Å². The van der Waals surface area contributed by atoms with E-state index < -0.39 is 0 Å². The molecule has 0 spiro atoms. The highest BCUT2D eigenvalue weighted by Crippen LogP contribution is 2.23. The molecule has 1 heterocycles. The lowest BCUT2D eigenvalue weighted by atomic mass is 10.1. The third kappa shape index (κ3) is 9.86. The summed E-state index contributed by atoms with van der Waals surface area (Å²) in [6, 6.07) is 11.7. The molecule has 2 rings (SSSR count). The number of hydrogen-bond donors (Lipinski definition) is 0. The van der Waals surface area contributed by atoms with E-state index in [-0.39, 0.29) is 12.1 Å². The van der Waals surface area contributed by atoms with Gasteiger partial charge in [0.2, 0.25) is 0 Å². The number of rotatable bonds is 15. The second kappa shape index (κ2) is 14.4. The Labute approximate surface area is 187 Å². The van der Waals surface area contributed by atoms with E-state index in [0.29, 0.717) is 13.0 Å². The normalized spacial score (nSPS) is 11.7. The maximum absolute atomic E-state index is 11.5. The van der Waals surface area contributed by atoms with Crippen molar-refractivity contribution in [2.75, 3.05) is 13.2 Å². The summed E-state index contributed by atoms with van der Waals surface area (Å²) >= 11 is 0. The molecule has 0 aliphatic rings. The van der Waals surface area contributed by atoms with Gasteiger partial charge in [0.1, 0.15) is 24.2 Å². The number of carbonyl (C=O) groups is 1. The van der Waals surface area contributed by atoms with Gasteiger partial charge in [-0.1, -0.05) is 46.0 Å². The van der Waals surface area contributed by atoms with Crippen LogP contribution in [0.15, 0.2) is 42.6 Å². The van der Waals surface area contributed by atoms with Crippen molar-refractivity contribution in [3.63, 3.8) is 0 Å². The number of esters is 1. The van der Waals surface area contributed by atoms with E-state index in [0.717, 1.165) is 42.2 Å². The van der Waals surface area contributed by atoms with Gasteiger partial charge in [0.15, 0.2) is 0 Å². The SMILES string of the molecule is CCCCCCCCOc1ccc(-c2ccc(OCC(C)OC(=O)CCC)cc2)nc1. The Hall–Kier alpha value is -2.56. The summed E-state index contributed by atoms with van der Waals surface area (Å²) in [5, 5.41) is 0. The molecule has 31 heavy (non-hydrogen) atoms. The first-order chi connectivity index (χ1) is 15.1. The minimum Gasteiger partial charge on any atom is -0.492 e. The summed E-state index contributed by atoms with van der Waals surface area (Å²) in [6.45, 7) is 7.10. The minimum absolute atomic E-state index is 0.181. The number of pyridine rings is 1. The van der Waals surface area contributed by atoms with Crippen molar-refractivity contribution in [3.8, 4) is 22.8 Å². The van der Waals surface area contributed by atoms with Gasteiger partial charge in [0.25, 0.3) is 0 Å². The van der Waals surface area contributed by atoms with Crippen LogP contribution in [0.2, 0.25) is 0 Å². The van der Waals surface area contributed by atoms with Gasteiger partial charge in [-0.2, -0.15) is 0 Å². The smallest absolute Gasteiger partial charge is 0.306 e. The van der Waals surface area contributed by atoms with Crippen LogP contribution in [0, 0.1) is 0 Å². The van der Waals surface area contributed by atoms with Crippen molar-refractivity contribution in [2.24, 2.45) is 0 Å². The minimum atomic E-state index is -0.274. The fourth-order valence-electron chi connectivity index (χ4n) is 3.17. The summed E-state index contributed by atoms with van der Waals surface area (Å²) in [5.41, 5.74) is 1.90. The molecule has 0 aliphatic carbocycles. The molecular formula is C26H37NO4. The Kier molecular flexibility index (Phi) is 11.5. The zero-order valence-corrected chi connectivity index (χ0v) is 19.3. The highest BCUT2D eigenvalue weighted by Gasteiger charge is 2.09. The van der Waals surface area contributed by atoms with Crippen LogP contribution in [-0.4, -0.2) is 30.3 Å². The molecule has 0 amide bonds. The van der Waals surface area contributed by atoms with Crippen LogP contribution in [0.4, 0.5) is 0 Å². The van der Waals surface area contributed by atoms with Crippen LogP contribution in [0.3, 0.4) is 0 Å². The van der Waals surface area contributed by atoms with Crippen LogP contribution in [0.5, 0.6) is 11.5 Å². The number of benzene rings is 1. The van der Waals surface area contributed by atoms with Gasteiger partial charge in [-0.15, -0.1) is 0 Å². The van der Waals surface area contributed by atoms with E-state index >= 15 is 0 Å². The van der Waals surface area contributed by atoms with E-state index in [1.807, 2.05) is 50.2 Å². The Balaban J connectivity index is 1.73. The second-order valence-corrected chi connectivity index (χ2v) is 7.88. The lowest BCUT2D eigenvalue weighted by molar-refractivity contribution is -0.149. The first-order valence-electron chi connectivity index (χ1n) is 11.6. The van der Waals surface area contributed by atoms with Gasteiger partial charge in [0, 0.05) is 12.0 Å². The first-order valence-corrected chi connectivity index (χ1v) is 11.6. The number of carbonyl (C=O) groups excluding carboxylic acids is 1. The van der Waals surface area contributed by atoms with E-state index in [1.165, 1.54) is 32.1 Å². The van der Waals surface area contributed by atoms with Crippen LogP contribution >= 0.6 is 0 Å². The Bertz CT molecular complexity index is 743. The lowest BCUT2D eigenvalue weighted by Crippen LogP contribution is -2.21. The maximum Gasteiger partial charge on any atom is 0.306 e. The van der Waals surface area contributed by atoms with Crippen LogP contribution in [-0.2, 0) is 9.53 Å². The molecule has 170 valence electrons. The van der Waals surface area contributed by atoms with Crippen molar-refractivity contribution in [3.05, 3.63) is 42.6 Å². The molecule has 0 aliphatic heterocycles. The number of aromatic nitrogens is 1. The average molecular weight is 428 g/mol. The number of hydrogen-bond acceptors (Lipinski definition) is 5. The molecule has 0 saturated carbocycles. The Morgan fingerprint density at radius 1 is 0.871 bits per heavy atom. The second-order valence-electron chi connectivity index (χ2n) is 7.88. The zero-order chi connectivity index (χ0) is 22.3. The highest BCUT2D eigenvalue weighted by molar-refractivity contribution is 5.69. The average Bonchev–Trinajstić information content (AvgIpc) is 2.78.